The fourth-order valence-electron chi connectivity index (χ4n) is 3.29. The van der Waals surface area contributed by atoms with Gasteiger partial charge in [-0.3, -0.25) is 4.98 Å². The maximum absolute atomic E-state index is 13.4. The molecule has 0 N–H and O–H groups in total. The summed E-state index contributed by atoms with van der Waals surface area (Å²) in [6.45, 7) is 0. The lowest BCUT2D eigenvalue weighted by Gasteiger charge is -2.09. The van der Waals surface area contributed by atoms with E-state index in [1.807, 2.05) is 42.5 Å². The topological polar surface area (TPSA) is 64.8 Å². The molecule has 0 aliphatic heterocycles. The minimum absolute atomic E-state index is 0.0510. The summed E-state index contributed by atoms with van der Waals surface area (Å²) < 4.78 is 39.5. The van der Waals surface area contributed by atoms with Crippen molar-refractivity contribution in [2.45, 2.75) is 5.16 Å². The maximum atomic E-state index is 13.4. The molecule has 4 rings (SSSR count). The Labute approximate surface area is 168 Å². The maximum Gasteiger partial charge on any atom is 0.228 e. The molecule has 0 atom stereocenters. The number of aromatic nitrogens is 3. The van der Waals surface area contributed by atoms with Gasteiger partial charge in [0.15, 0.2) is 0 Å². The predicted molar refractivity (Wildman–Crippen MR) is 110 cm³/mol. The molecule has 0 spiro atoms. The highest BCUT2D eigenvalue weighted by Crippen LogP contribution is 2.34. The van der Waals surface area contributed by atoms with Crippen LogP contribution in [-0.4, -0.2) is 29.2 Å². The van der Waals surface area contributed by atoms with Gasteiger partial charge in [-0.1, -0.05) is 30.3 Å². The quantitative estimate of drug-likeness (QED) is 0.504. The number of sulfone groups is 1. The Hall–Kier alpha value is -3.32. The van der Waals surface area contributed by atoms with Crippen molar-refractivity contribution in [1.82, 2.24) is 14.5 Å². The molecule has 2 aromatic carbocycles. The van der Waals surface area contributed by atoms with E-state index in [9.17, 15) is 12.8 Å². The molecular weight excluding hydrogens is 389 g/mol. The largest absolute Gasteiger partial charge is 0.317 e. The first-order valence-electron chi connectivity index (χ1n) is 8.89. The van der Waals surface area contributed by atoms with Crippen molar-refractivity contribution in [3.8, 4) is 33.8 Å². The summed E-state index contributed by atoms with van der Waals surface area (Å²) >= 11 is 0. The van der Waals surface area contributed by atoms with E-state index >= 15 is 0 Å². The molecule has 2 heterocycles. The standard InChI is InChI=1S/C22H18FN3O2S/c1-26-21(17-12-13-24-19(14-17)15-6-4-3-5-7-15)20(25-22(26)29(2,27)28)16-8-10-18(23)11-9-16/h3-14H,1-2H3. The van der Waals surface area contributed by atoms with Gasteiger partial charge in [-0.05, 0) is 36.4 Å². The molecule has 0 fully saturated rings. The first-order valence-corrected chi connectivity index (χ1v) is 10.8. The summed E-state index contributed by atoms with van der Waals surface area (Å²) in [7, 11) is -1.90. The van der Waals surface area contributed by atoms with Crippen LogP contribution in [0.1, 0.15) is 0 Å². The SMILES string of the molecule is Cn1c(S(C)(=O)=O)nc(-c2ccc(F)cc2)c1-c1ccnc(-c2ccccc2)c1. The summed E-state index contributed by atoms with van der Waals surface area (Å²) in [5.74, 6) is -0.371. The molecule has 0 saturated heterocycles. The van der Waals surface area contributed by atoms with E-state index in [2.05, 4.69) is 9.97 Å². The Balaban J connectivity index is 1.96. The van der Waals surface area contributed by atoms with Crippen molar-refractivity contribution in [2.24, 2.45) is 7.05 Å². The zero-order valence-electron chi connectivity index (χ0n) is 15.9. The molecule has 7 heteroatoms. The fourth-order valence-corrected chi connectivity index (χ4v) is 4.14. The number of hydrogen-bond donors (Lipinski definition) is 0. The van der Waals surface area contributed by atoms with Crippen LogP contribution < -0.4 is 0 Å². The molecule has 2 aromatic heterocycles. The second kappa shape index (κ2) is 7.25. The Morgan fingerprint density at radius 2 is 1.59 bits per heavy atom. The van der Waals surface area contributed by atoms with E-state index in [0.29, 0.717) is 17.0 Å². The molecule has 0 aliphatic rings. The first-order chi connectivity index (χ1) is 13.8. The van der Waals surface area contributed by atoms with Crippen LogP contribution in [0.5, 0.6) is 0 Å². The molecule has 0 amide bonds. The minimum atomic E-state index is -3.56. The van der Waals surface area contributed by atoms with Crippen LogP contribution in [0.4, 0.5) is 4.39 Å². The van der Waals surface area contributed by atoms with Crippen LogP contribution >= 0.6 is 0 Å². The summed E-state index contributed by atoms with van der Waals surface area (Å²) in [5.41, 5.74) is 4.20. The van der Waals surface area contributed by atoms with Gasteiger partial charge >= 0.3 is 0 Å². The van der Waals surface area contributed by atoms with Gasteiger partial charge < -0.3 is 4.57 Å². The normalized spacial score (nSPS) is 11.6. The molecule has 0 saturated carbocycles. The molecule has 0 bridgehead atoms. The van der Waals surface area contributed by atoms with Gasteiger partial charge in [0.2, 0.25) is 15.0 Å². The molecule has 29 heavy (non-hydrogen) atoms. The summed E-state index contributed by atoms with van der Waals surface area (Å²) in [5, 5.41) is -0.0510. The van der Waals surface area contributed by atoms with Gasteiger partial charge in [0.05, 0.1) is 17.1 Å². The third-order valence-corrected chi connectivity index (χ3v) is 5.63. The molecule has 0 unspecified atom stereocenters. The van der Waals surface area contributed by atoms with Gasteiger partial charge in [0.25, 0.3) is 0 Å². The number of benzene rings is 2. The zero-order chi connectivity index (χ0) is 20.6. The smallest absolute Gasteiger partial charge is 0.228 e. The number of pyridine rings is 1. The van der Waals surface area contributed by atoms with Crippen LogP contribution in [0.15, 0.2) is 78.1 Å². The van der Waals surface area contributed by atoms with Gasteiger partial charge in [0.1, 0.15) is 5.82 Å². The average molecular weight is 407 g/mol. The third kappa shape index (κ3) is 3.69. The number of hydrogen-bond acceptors (Lipinski definition) is 4. The van der Waals surface area contributed by atoms with E-state index in [4.69, 9.17) is 0 Å². The molecule has 4 aromatic rings. The highest BCUT2D eigenvalue weighted by atomic mass is 32.2. The summed E-state index contributed by atoms with van der Waals surface area (Å²) in [6.07, 6.45) is 2.80. The average Bonchev–Trinajstić information content (AvgIpc) is 3.07. The van der Waals surface area contributed by atoms with Crippen molar-refractivity contribution >= 4 is 9.84 Å². The van der Waals surface area contributed by atoms with Crippen LogP contribution in [0.25, 0.3) is 33.8 Å². The highest BCUT2D eigenvalue weighted by molar-refractivity contribution is 7.90. The Morgan fingerprint density at radius 1 is 0.897 bits per heavy atom. The Kier molecular flexibility index (Phi) is 4.76. The lowest BCUT2D eigenvalue weighted by atomic mass is 10.0. The first kappa shape index (κ1) is 19.0. The predicted octanol–water partition coefficient (Wildman–Crippen LogP) is 4.36. The van der Waals surface area contributed by atoms with Crippen LogP contribution in [0.2, 0.25) is 0 Å². The number of nitrogens with zero attached hydrogens (tertiary/aromatic N) is 3. The second-order valence-corrected chi connectivity index (χ2v) is 8.63. The van der Waals surface area contributed by atoms with Crippen molar-refractivity contribution < 1.29 is 12.8 Å². The Bertz CT molecular complexity index is 1280. The van der Waals surface area contributed by atoms with Crippen LogP contribution in [0.3, 0.4) is 0 Å². The molecule has 5 nitrogen and oxygen atoms in total. The van der Waals surface area contributed by atoms with Crippen LogP contribution in [-0.2, 0) is 16.9 Å². The monoisotopic (exact) mass is 407 g/mol. The van der Waals surface area contributed by atoms with Crippen molar-refractivity contribution in [3.63, 3.8) is 0 Å². The lowest BCUT2D eigenvalue weighted by Crippen LogP contribution is -2.06. The van der Waals surface area contributed by atoms with Crippen molar-refractivity contribution in [1.29, 1.82) is 0 Å². The van der Waals surface area contributed by atoms with E-state index in [1.54, 1.807) is 29.9 Å². The van der Waals surface area contributed by atoms with E-state index in [0.717, 1.165) is 23.1 Å². The van der Waals surface area contributed by atoms with Gasteiger partial charge in [0, 0.05) is 36.2 Å². The molecule has 146 valence electrons. The van der Waals surface area contributed by atoms with E-state index < -0.39 is 9.84 Å². The number of rotatable bonds is 4. The zero-order valence-corrected chi connectivity index (χ0v) is 16.7. The van der Waals surface area contributed by atoms with Gasteiger partial charge in [-0.2, -0.15) is 0 Å². The minimum Gasteiger partial charge on any atom is -0.317 e. The van der Waals surface area contributed by atoms with E-state index in [-0.39, 0.29) is 11.0 Å². The Morgan fingerprint density at radius 3 is 2.24 bits per heavy atom. The summed E-state index contributed by atoms with van der Waals surface area (Å²) in [4.78, 5) is 8.83. The van der Waals surface area contributed by atoms with Crippen LogP contribution in [0, 0.1) is 5.82 Å². The fraction of sp³-hybridized carbons (Fsp3) is 0.0909. The second-order valence-electron chi connectivity index (χ2n) is 6.73. The number of imidazole rings is 1. The van der Waals surface area contributed by atoms with Gasteiger partial charge in [-0.15, -0.1) is 0 Å². The van der Waals surface area contributed by atoms with Crippen molar-refractivity contribution in [3.05, 3.63) is 78.7 Å². The van der Waals surface area contributed by atoms with Gasteiger partial charge in [-0.25, -0.2) is 17.8 Å². The summed E-state index contributed by atoms with van der Waals surface area (Å²) in [6, 6.07) is 19.2. The van der Waals surface area contributed by atoms with E-state index in [1.165, 1.54) is 12.1 Å². The lowest BCUT2D eigenvalue weighted by molar-refractivity contribution is 0.585. The number of halogens is 1. The third-order valence-electron chi connectivity index (χ3n) is 4.61. The molecule has 0 aliphatic carbocycles. The molecular formula is C22H18FN3O2S. The molecule has 0 radical (unpaired) electrons. The highest BCUT2D eigenvalue weighted by Gasteiger charge is 2.24. The van der Waals surface area contributed by atoms with Crippen molar-refractivity contribution in [2.75, 3.05) is 6.26 Å².